The lowest BCUT2D eigenvalue weighted by molar-refractivity contribution is -0.122. The number of aryl methyl sites for hydroxylation is 2. The highest BCUT2D eigenvalue weighted by Gasteiger charge is 2.29. The molecule has 19 heavy (non-hydrogen) atoms. The Kier molecular flexibility index (Phi) is 3.88. The summed E-state index contributed by atoms with van der Waals surface area (Å²) in [5, 5.41) is 2.68. The van der Waals surface area contributed by atoms with Crippen LogP contribution < -0.4 is 10.1 Å². The predicted molar refractivity (Wildman–Crippen MR) is 72.5 cm³/mol. The van der Waals surface area contributed by atoms with Crippen LogP contribution in [0.25, 0.3) is 0 Å². The molecule has 0 bridgehead atoms. The minimum absolute atomic E-state index is 0.0175. The van der Waals surface area contributed by atoms with E-state index < -0.39 is 0 Å². The molecule has 0 saturated heterocycles. The van der Waals surface area contributed by atoms with E-state index in [2.05, 4.69) is 5.32 Å². The minimum Gasteiger partial charge on any atom is -0.496 e. The standard InChI is InChI=1S/C15H19NO3/c1-9-6-12(14(19-3)7-10(9)2)13(17)8-16-15(18)11-4-5-11/h6-7,11H,4-5,8H2,1-3H3,(H,16,18). The smallest absolute Gasteiger partial charge is 0.223 e. The summed E-state index contributed by atoms with van der Waals surface area (Å²) in [4.78, 5) is 23.7. The number of Topliss-reactive ketones (excluding diaryl/α,β-unsaturated/α-hetero) is 1. The van der Waals surface area contributed by atoms with Crippen LogP contribution in [0.2, 0.25) is 0 Å². The highest BCUT2D eigenvalue weighted by atomic mass is 16.5. The van der Waals surface area contributed by atoms with Crippen LogP contribution in [-0.2, 0) is 4.79 Å². The molecule has 102 valence electrons. The van der Waals surface area contributed by atoms with Crippen LogP contribution in [0, 0.1) is 19.8 Å². The van der Waals surface area contributed by atoms with Gasteiger partial charge in [-0.15, -0.1) is 0 Å². The van der Waals surface area contributed by atoms with Crippen molar-refractivity contribution < 1.29 is 14.3 Å². The van der Waals surface area contributed by atoms with Crippen molar-refractivity contribution in [3.8, 4) is 5.75 Å². The van der Waals surface area contributed by atoms with Gasteiger partial charge in [0.15, 0.2) is 5.78 Å². The fourth-order valence-corrected chi connectivity index (χ4v) is 1.93. The lowest BCUT2D eigenvalue weighted by Gasteiger charge is -2.11. The van der Waals surface area contributed by atoms with Crippen molar-refractivity contribution in [2.75, 3.05) is 13.7 Å². The van der Waals surface area contributed by atoms with Gasteiger partial charge < -0.3 is 10.1 Å². The van der Waals surface area contributed by atoms with Crippen molar-refractivity contribution in [1.29, 1.82) is 0 Å². The highest BCUT2D eigenvalue weighted by molar-refractivity contribution is 6.02. The highest BCUT2D eigenvalue weighted by Crippen LogP contribution is 2.28. The average molecular weight is 261 g/mol. The van der Waals surface area contributed by atoms with E-state index in [1.54, 1.807) is 7.11 Å². The Morgan fingerprint density at radius 2 is 1.89 bits per heavy atom. The number of benzene rings is 1. The maximum absolute atomic E-state index is 12.1. The van der Waals surface area contributed by atoms with Crippen molar-refractivity contribution in [2.45, 2.75) is 26.7 Å². The summed E-state index contributed by atoms with van der Waals surface area (Å²) in [5.74, 6) is 0.549. The molecule has 0 heterocycles. The number of carbonyl (C=O) groups is 2. The van der Waals surface area contributed by atoms with E-state index in [1.165, 1.54) is 0 Å². The monoisotopic (exact) mass is 261 g/mol. The normalized spacial score (nSPS) is 14.1. The molecule has 1 amide bonds. The number of hydrogen-bond acceptors (Lipinski definition) is 3. The first-order valence-electron chi connectivity index (χ1n) is 6.49. The summed E-state index contributed by atoms with van der Waals surface area (Å²) >= 11 is 0. The third kappa shape index (κ3) is 3.13. The molecular formula is C15H19NO3. The SMILES string of the molecule is COc1cc(C)c(C)cc1C(=O)CNC(=O)C1CC1. The van der Waals surface area contributed by atoms with Crippen molar-refractivity contribution in [2.24, 2.45) is 5.92 Å². The number of carbonyl (C=O) groups excluding carboxylic acids is 2. The quantitative estimate of drug-likeness (QED) is 0.825. The van der Waals surface area contributed by atoms with E-state index in [4.69, 9.17) is 4.74 Å². The number of nitrogens with one attached hydrogen (secondary N) is 1. The van der Waals surface area contributed by atoms with Gasteiger partial charge in [0.25, 0.3) is 0 Å². The molecule has 4 nitrogen and oxygen atoms in total. The maximum Gasteiger partial charge on any atom is 0.223 e. The Hall–Kier alpha value is -1.84. The molecule has 1 aromatic carbocycles. The Morgan fingerprint density at radius 1 is 1.26 bits per heavy atom. The number of amides is 1. The Bertz CT molecular complexity index is 518. The average Bonchev–Trinajstić information content (AvgIpc) is 3.22. The van der Waals surface area contributed by atoms with Crippen LogP contribution in [0.3, 0.4) is 0 Å². The largest absolute Gasteiger partial charge is 0.496 e. The van der Waals surface area contributed by atoms with E-state index in [-0.39, 0.29) is 24.2 Å². The molecule has 1 aromatic rings. The summed E-state index contributed by atoms with van der Waals surface area (Å²) in [5.41, 5.74) is 2.65. The van der Waals surface area contributed by atoms with Gasteiger partial charge >= 0.3 is 0 Å². The van der Waals surface area contributed by atoms with Gasteiger partial charge in [-0.2, -0.15) is 0 Å². The number of rotatable bonds is 5. The van der Waals surface area contributed by atoms with Gasteiger partial charge in [-0.25, -0.2) is 0 Å². The van der Waals surface area contributed by atoms with Crippen LogP contribution in [-0.4, -0.2) is 25.3 Å². The number of ether oxygens (including phenoxy) is 1. The van der Waals surface area contributed by atoms with Gasteiger partial charge in [0.2, 0.25) is 5.91 Å². The molecule has 4 heteroatoms. The van der Waals surface area contributed by atoms with Crippen molar-refractivity contribution in [3.63, 3.8) is 0 Å². The second-order valence-corrected chi connectivity index (χ2v) is 5.05. The Labute approximate surface area is 113 Å². The molecule has 2 rings (SSSR count). The Balaban J connectivity index is 2.09. The van der Waals surface area contributed by atoms with Crippen molar-refractivity contribution in [1.82, 2.24) is 5.32 Å². The molecule has 1 aliphatic carbocycles. The van der Waals surface area contributed by atoms with E-state index in [1.807, 2.05) is 26.0 Å². The van der Waals surface area contributed by atoms with Crippen molar-refractivity contribution in [3.05, 3.63) is 28.8 Å². The summed E-state index contributed by atoms with van der Waals surface area (Å²) in [6.45, 7) is 3.96. The zero-order valence-corrected chi connectivity index (χ0v) is 11.6. The first-order chi connectivity index (χ1) is 9.02. The summed E-state index contributed by atoms with van der Waals surface area (Å²) < 4.78 is 5.24. The van der Waals surface area contributed by atoms with Gasteiger partial charge in [0.1, 0.15) is 5.75 Å². The number of ketones is 1. The fourth-order valence-electron chi connectivity index (χ4n) is 1.93. The summed E-state index contributed by atoms with van der Waals surface area (Å²) in [6, 6.07) is 3.67. The second kappa shape index (κ2) is 5.43. The van der Waals surface area contributed by atoms with Crippen LogP contribution in [0.1, 0.15) is 34.3 Å². The zero-order chi connectivity index (χ0) is 14.0. The van der Waals surface area contributed by atoms with Crippen LogP contribution in [0.15, 0.2) is 12.1 Å². The van der Waals surface area contributed by atoms with E-state index in [9.17, 15) is 9.59 Å². The van der Waals surface area contributed by atoms with Gasteiger partial charge in [-0.05, 0) is 49.9 Å². The van der Waals surface area contributed by atoms with Gasteiger partial charge in [0, 0.05) is 5.92 Å². The third-order valence-corrected chi connectivity index (χ3v) is 3.49. The molecule has 1 N–H and O–H groups in total. The van der Waals surface area contributed by atoms with E-state index >= 15 is 0 Å². The van der Waals surface area contributed by atoms with Crippen molar-refractivity contribution >= 4 is 11.7 Å². The lowest BCUT2D eigenvalue weighted by Crippen LogP contribution is -2.30. The molecule has 1 fully saturated rings. The molecule has 1 saturated carbocycles. The first kappa shape index (κ1) is 13.6. The van der Waals surface area contributed by atoms with E-state index in [0.717, 1.165) is 24.0 Å². The van der Waals surface area contributed by atoms with Crippen LogP contribution in [0.4, 0.5) is 0 Å². The minimum atomic E-state index is -0.117. The molecule has 0 spiro atoms. The first-order valence-corrected chi connectivity index (χ1v) is 6.49. The maximum atomic E-state index is 12.1. The molecule has 0 radical (unpaired) electrons. The molecule has 0 unspecified atom stereocenters. The lowest BCUT2D eigenvalue weighted by atomic mass is 10.0. The van der Waals surface area contributed by atoms with Gasteiger partial charge in [0.05, 0.1) is 19.2 Å². The molecule has 0 atom stereocenters. The molecule has 1 aliphatic rings. The summed E-state index contributed by atoms with van der Waals surface area (Å²) in [7, 11) is 1.55. The number of methoxy groups -OCH3 is 1. The molecular weight excluding hydrogens is 242 g/mol. The molecule has 0 aliphatic heterocycles. The second-order valence-electron chi connectivity index (χ2n) is 5.05. The predicted octanol–water partition coefficient (Wildman–Crippen LogP) is 2.02. The van der Waals surface area contributed by atoms with Crippen LogP contribution >= 0.6 is 0 Å². The third-order valence-electron chi connectivity index (χ3n) is 3.49. The zero-order valence-electron chi connectivity index (χ0n) is 11.6. The topological polar surface area (TPSA) is 55.4 Å². The number of hydrogen-bond donors (Lipinski definition) is 1. The summed E-state index contributed by atoms with van der Waals surface area (Å²) in [6.07, 6.45) is 1.87. The Morgan fingerprint density at radius 3 is 2.47 bits per heavy atom. The molecule has 0 aromatic heterocycles. The fraction of sp³-hybridized carbons (Fsp3) is 0.467. The van der Waals surface area contributed by atoms with Gasteiger partial charge in [-0.3, -0.25) is 9.59 Å². The van der Waals surface area contributed by atoms with Gasteiger partial charge in [-0.1, -0.05) is 0 Å². The van der Waals surface area contributed by atoms with E-state index in [0.29, 0.717) is 11.3 Å². The van der Waals surface area contributed by atoms with Crippen LogP contribution in [0.5, 0.6) is 5.75 Å².